The number of aryl methyl sites for hydroxylation is 1. The molecule has 1 aliphatic carbocycles. The molecule has 0 bridgehead atoms. The van der Waals surface area contributed by atoms with Crippen LogP contribution in [0.5, 0.6) is 0 Å². The number of amides is 1. The highest BCUT2D eigenvalue weighted by molar-refractivity contribution is 5.90. The minimum atomic E-state index is -0.569. The van der Waals surface area contributed by atoms with Gasteiger partial charge in [0.25, 0.3) is 0 Å². The first kappa shape index (κ1) is 25.7. The van der Waals surface area contributed by atoms with Gasteiger partial charge in [-0.1, -0.05) is 12.8 Å². The number of aromatic nitrogens is 2. The maximum atomic E-state index is 12.3. The average molecular weight is 481 g/mol. The fourth-order valence-corrected chi connectivity index (χ4v) is 3.97. The zero-order chi connectivity index (χ0) is 25.6. The lowest BCUT2D eigenvalue weighted by Crippen LogP contribution is -2.49. The Balaban J connectivity index is 1.76. The van der Waals surface area contributed by atoms with E-state index in [1.807, 2.05) is 20.8 Å². The smallest absolute Gasteiger partial charge is 0.407 e. The SMILES string of the molecule is COC(=O)c1ccc(Nc2cc(N[C@@H]3CCCC[C@@H]3NC(=O)OC(C)(C)C)cnc2C#N)nc1C. The van der Waals surface area contributed by atoms with E-state index < -0.39 is 17.7 Å². The van der Waals surface area contributed by atoms with Gasteiger partial charge in [0.05, 0.1) is 42.0 Å². The van der Waals surface area contributed by atoms with Crippen LogP contribution in [0, 0.1) is 18.3 Å². The number of carbonyl (C=O) groups excluding carboxylic acids is 2. The minimum Gasteiger partial charge on any atom is -0.465 e. The molecule has 1 aliphatic rings. The zero-order valence-corrected chi connectivity index (χ0v) is 20.8. The van der Waals surface area contributed by atoms with Crippen LogP contribution < -0.4 is 16.0 Å². The number of anilines is 3. The van der Waals surface area contributed by atoms with E-state index in [2.05, 4.69) is 32.0 Å². The van der Waals surface area contributed by atoms with Crippen molar-refractivity contribution in [2.24, 2.45) is 0 Å². The van der Waals surface area contributed by atoms with Gasteiger partial charge in [-0.2, -0.15) is 5.26 Å². The molecule has 3 N–H and O–H groups in total. The van der Waals surface area contributed by atoms with E-state index >= 15 is 0 Å². The molecule has 3 rings (SSSR count). The van der Waals surface area contributed by atoms with Crippen LogP contribution in [0.4, 0.5) is 22.0 Å². The van der Waals surface area contributed by atoms with E-state index in [0.29, 0.717) is 28.5 Å². The first-order valence-corrected chi connectivity index (χ1v) is 11.6. The van der Waals surface area contributed by atoms with Crippen LogP contribution in [0.3, 0.4) is 0 Å². The van der Waals surface area contributed by atoms with Crippen molar-refractivity contribution in [3.63, 3.8) is 0 Å². The number of ether oxygens (including phenoxy) is 2. The molecule has 1 saturated carbocycles. The van der Waals surface area contributed by atoms with Gasteiger partial charge in [0.15, 0.2) is 5.69 Å². The van der Waals surface area contributed by atoms with E-state index in [4.69, 9.17) is 9.47 Å². The maximum Gasteiger partial charge on any atom is 0.407 e. The van der Waals surface area contributed by atoms with Gasteiger partial charge in [0.2, 0.25) is 0 Å². The van der Waals surface area contributed by atoms with E-state index in [1.54, 1.807) is 31.3 Å². The van der Waals surface area contributed by atoms with Crippen molar-refractivity contribution in [2.75, 3.05) is 17.7 Å². The molecule has 10 heteroatoms. The zero-order valence-electron chi connectivity index (χ0n) is 20.8. The molecule has 2 atom stereocenters. The molecule has 2 heterocycles. The first-order valence-electron chi connectivity index (χ1n) is 11.6. The largest absolute Gasteiger partial charge is 0.465 e. The summed E-state index contributed by atoms with van der Waals surface area (Å²) < 4.78 is 10.2. The molecule has 2 aromatic heterocycles. The van der Waals surface area contributed by atoms with Gasteiger partial charge in [0.1, 0.15) is 17.5 Å². The van der Waals surface area contributed by atoms with Crippen molar-refractivity contribution in [3.05, 3.63) is 41.3 Å². The van der Waals surface area contributed by atoms with Crippen LogP contribution in [0.15, 0.2) is 24.4 Å². The molecule has 0 aromatic carbocycles. The van der Waals surface area contributed by atoms with Crippen molar-refractivity contribution in [1.82, 2.24) is 15.3 Å². The van der Waals surface area contributed by atoms with Gasteiger partial charge >= 0.3 is 12.1 Å². The normalized spacial score (nSPS) is 17.6. The number of nitriles is 1. The highest BCUT2D eigenvalue weighted by Crippen LogP contribution is 2.26. The van der Waals surface area contributed by atoms with Crippen molar-refractivity contribution < 1.29 is 19.1 Å². The number of rotatable bonds is 6. The highest BCUT2D eigenvalue weighted by Gasteiger charge is 2.28. The lowest BCUT2D eigenvalue weighted by atomic mass is 9.90. The Morgan fingerprint density at radius 3 is 2.51 bits per heavy atom. The van der Waals surface area contributed by atoms with Crippen LogP contribution in [0.2, 0.25) is 0 Å². The molecule has 0 spiro atoms. The van der Waals surface area contributed by atoms with Crippen molar-refractivity contribution >= 4 is 29.3 Å². The minimum absolute atomic E-state index is 0.0152. The molecule has 1 amide bonds. The third-order valence-electron chi connectivity index (χ3n) is 5.57. The Bertz CT molecular complexity index is 1120. The molecular weight excluding hydrogens is 448 g/mol. The summed E-state index contributed by atoms with van der Waals surface area (Å²) in [6.45, 7) is 7.21. The van der Waals surface area contributed by atoms with Gasteiger partial charge in [-0.3, -0.25) is 0 Å². The van der Waals surface area contributed by atoms with E-state index in [0.717, 1.165) is 25.7 Å². The van der Waals surface area contributed by atoms with Crippen LogP contribution >= 0.6 is 0 Å². The van der Waals surface area contributed by atoms with Crippen LogP contribution in [0.25, 0.3) is 0 Å². The number of alkyl carbamates (subject to hydrolysis) is 1. The summed E-state index contributed by atoms with van der Waals surface area (Å²) in [5, 5.41) is 19.1. The molecule has 0 saturated heterocycles. The second kappa shape index (κ2) is 11.0. The van der Waals surface area contributed by atoms with Gasteiger partial charge in [-0.05, 0) is 58.7 Å². The molecule has 2 aromatic rings. The Morgan fingerprint density at radius 1 is 1.17 bits per heavy atom. The molecular formula is C25H32N6O4. The summed E-state index contributed by atoms with van der Waals surface area (Å²) >= 11 is 0. The lowest BCUT2D eigenvalue weighted by molar-refractivity contribution is 0.0487. The number of pyridine rings is 2. The topological polar surface area (TPSA) is 138 Å². The molecule has 0 unspecified atom stereocenters. The summed E-state index contributed by atoms with van der Waals surface area (Å²) in [5.74, 6) is 0.00175. The number of esters is 1. The third kappa shape index (κ3) is 7.06. The van der Waals surface area contributed by atoms with Crippen molar-refractivity contribution in [3.8, 4) is 6.07 Å². The van der Waals surface area contributed by atoms with Gasteiger partial charge < -0.3 is 25.4 Å². The number of hydrogen-bond donors (Lipinski definition) is 3. The highest BCUT2D eigenvalue weighted by atomic mass is 16.6. The predicted molar refractivity (Wildman–Crippen MR) is 132 cm³/mol. The number of methoxy groups -OCH3 is 1. The van der Waals surface area contributed by atoms with E-state index in [9.17, 15) is 14.9 Å². The molecule has 1 fully saturated rings. The van der Waals surface area contributed by atoms with E-state index in [1.165, 1.54) is 7.11 Å². The second-order valence-electron chi connectivity index (χ2n) is 9.47. The fourth-order valence-electron chi connectivity index (χ4n) is 3.97. The third-order valence-corrected chi connectivity index (χ3v) is 5.57. The molecule has 0 aliphatic heterocycles. The summed E-state index contributed by atoms with van der Waals surface area (Å²) in [4.78, 5) is 32.8. The second-order valence-corrected chi connectivity index (χ2v) is 9.47. The summed E-state index contributed by atoms with van der Waals surface area (Å²) in [6.07, 6.45) is 4.93. The van der Waals surface area contributed by atoms with Crippen molar-refractivity contribution in [1.29, 1.82) is 5.26 Å². The van der Waals surface area contributed by atoms with Crippen LogP contribution in [-0.2, 0) is 9.47 Å². The summed E-state index contributed by atoms with van der Waals surface area (Å²) in [7, 11) is 1.32. The number of nitrogens with zero attached hydrogens (tertiary/aromatic N) is 3. The Morgan fingerprint density at radius 2 is 1.89 bits per heavy atom. The summed E-state index contributed by atoms with van der Waals surface area (Å²) in [6, 6.07) is 7.02. The fraction of sp³-hybridized carbons (Fsp3) is 0.480. The number of carbonyl (C=O) groups is 2. The Hall–Kier alpha value is -3.87. The monoisotopic (exact) mass is 480 g/mol. The first-order chi connectivity index (χ1) is 16.6. The predicted octanol–water partition coefficient (Wildman–Crippen LogP) is 4.43. The molecule has 0 radical (unpaired) electrons. The van der Waals surface area contributed by atoms with Crippen LogP contribution in [0.1, 0.15) is 68.2 Å². The lowest BCUT2D eigenvalue weighted by Gasteiger charge is -2.34. The van der Waals surface area contributed by atoms with Gasteiger partial charge in [-0.15, -0.1) is 0 Å². The Kier molecular flexibility index (Phi) is 8.12. The van der Waals surface area contributed by atoms with Crippen LogP contribution in [-0.4, -0.2) is 46.8 Å². The number of hydrogen-bond acceptors (Lipinski definition) is 9. The van der Waals surface area contributed by atoms with Gasteiger partial charge in [0, 0.05) is 6.04 Å². The molecule has 186 valence electrons. The standard InChI is InChI=1S/C25H32N6O4/c1-15-17(23(32)34-5)10-11-22(28-15)30-20-12-16(14-27-21(20)13-26)29-18-8-6-7-9-19(18)31-24(33)35-25(2,3)4/h10-12,14,18-19,29H,6-9H2,1-5H3,(H,28,30)(H,31,33)/t18-,19+/m1/s1. The summed E-state index contributed by atoms with van der Waals surface area (Å²) in [5.41, 5.74) is 1.69. The van der Waals surface area contributed by atoms with E-state index in [-0.39, 0.29) is 17.8 Å². The quantitative estimate of drug-likeness (QED) is 0.512. The Labute approximate surface area is 205 Å². The van der Waals surface area contributed by atoms with Gasteiger partial charge in [-0.25, -0.2) is 19.6 Å². The number of nitrogens with one attached hydrogen (secondary N) is 3. The molecule has 35 heavy (non-hydrogen) atoms. The average Bonchev–Trinajstić information content (AvgIpc) is 2.79. The maximum absolute atomic E-state index is 12.3. The molecule has 10 nitrogen and oxygen atoms in total. The van der Waals surface area contributed by atoms with Crippen molar-refractivity contribution in [2.45, 2.75) is 71.1 Å².